The van der Waals surface area contributed by atoms with Crippen LogP contribution >= 0.6 is 11.6 Å². The second kappa shape index (κ2) is 6.26. The molecular weight excluding hydrogens is 294 g/mol. The molecule has 0 heterocycles. The normalized spacial score (nSPS) is 15.2. The summed E-state index contributed by atoms with van der Waals surface area (Å²) < 4.78 is 8.77. The summed E-state index contributed by atoms with van der Waals surface area (Å²) >= 11 is 5.96. The minimum Gasteiger partial charge on any atom is -0.546 e. The van der Waals surface area contributed by atoms with E-state index >= 15 is 0 Å². The summed E-state index contributed by atoms with van der Waals surface area (Å²) in [6.45, 7) is 21.8. The van der Waals surface area contributed by atoms with Crippen molar-refractivity contribution in [1.29, 1.82) is 0 Å². The molecule has 0 aromatic carbocycles. The molecule has 0 rings (SSSR count). The third-order valence-corrected chi connectivity index (χ3v) is 11.2. The average molecular weight is 324 g/mol. The summed E-state index contributed by atoms with van der Waals surface area (Å²) in [7, 11) is -4.27. The van der Waals surface area contributed by atoms with Crippen LogP contribution in [0, 0.1) is 0 Å². The first kappa shape index (κ1) is 18.4. The summed E-state index contributed by atoms with van der Waals surface area (Å²) in [4.78, 5) is 0. The van der Waals surface area contributed by atoms with Crippen molar-refractivity contribution in [3.63, 3.8) is 0 Å². The zero-order valence-corrected chi connectivity index (χ0v) is 17.3. The smallest absolute Gasteiger partial charge is 0.241 e. The van der Waals surface area contributed by atoms with Crippen molar-refractivity contribution in [3.8, 4) is 0 Å². The minimum atomic E-state index is -1.57. The Morgan fingerprint density at radius 1 is 0.944 bits per heavy atom. The molecule has 0 aromatic rings. The van der Waals surface area contributed by atoms with Gasteiger partial charge in [0.05, 0.1) is 0 Å². The van der Waals surface area contributed by atoms with Crippen LogP contribution in [0.1, 0.15) is 0 Å². The second-order valence-corrected chi connectivity index (χ2v) is 22.6. The lowest BCUT2D eigenvalue weighted by Crippen LogP contribution is -2.59. The van der Waals surface area contributed by atoms with Crippen LogP contribution in [0.4, 0.5) is 0 Å². The Kier molecular flexibility index (Phi) is 6.41. The maximum absolute atomic E-state index is 6.08. The van der Waals surface area contributed by atoms with Crippen LogP contribution in [0.3, 0.4) is 0 Å². The van der Waals surface area contributed by atoms with Gasteiger partial charge in [0.2, 0.25) is 8.32 Å². The quantitative estimate of drug-likeness (QED) is 0.509. The zero-order valence-electron chi connectivity index (χ0n) is 13.5. The fraction of sp³-hybridized carbons (Fsp3) is 0.833. The fourth-order valence-electron chi connectivity index (χ4n) is 2.12. The van der Waals surface area contributed by atoms with Gasteiger partial charge < -0.3 is 8.66 Å². The molecule has 0 N–H and O–H groups in total. The highest BCUT2D eigenvalue weighted by atomic mass is 35.5. The van der Waals surface area contributed by atoms with Gasteiger partial charge in [-0.25, -0.2) is 0 Å². The molecule has 0 aliphatic carbocycles. The first-order chi connectivity index (χ1) is 7.77. The van der Waals surface area contributed by atoms with Gasteiger partial charge >= 0.3 is 0 Å². The van der Waals surface area contributed by atoms with Gasteiger partial charge in [-0.05, 0) is 19.6 Å². The van der Waals surface area contributed by atoms with Gasteiger partial charge in [-0.1, -0.05) is 50.9 Å². The first-order valence-electron chi connectivity index (χ1n) is 6.53. The summed E-state index contributed by atoms with van der Waals surface area (Å²) in [6.07, 6.45) is 0. The molecule has 0 aromatic heterocycles. The highest BCUT2D eigenvalue weighted by Crippen LogP contribution is 2.23. The van der Waals surface area contributed by atoms with Gasteiger partial charge in [-0.2, -0.15) is 0 Å². The SMILES string of the molecule is C[Si](C)(C)O/C(=C\Cl)CN([Si](C)(C)C)[Si](C)(C)C. The van der Waals surface area contributed by atoms with E-state index in [-0.39, 0.29) is 0 Å². The van der Waals surface area contributed by atoms with Gasteiger partial charge in [-0.15, -0.1) is 0 Å². The predicted octanol–water partition coefficient (Wildman–Crippen LogP) is 4.89. The lowest BCUT2D eigenvalue weighted by Gasteiger charge is -2.44. The Bertz CT molecular complexity index is 286. The maximum Gasteiger partial charge on any atom is 0.241 e. The van der Waals surface area contributed by atoms with E-state index in [9.17, 15) is 0 Å². The third-order valence-electron chi connectivity index (χ3n) is 2.49. The first-order valence-corrected chi connectivity index (χ1v) is 17.3. The van der Waals surface area contributed by atoms with Crippen molar-refractivity contribution in [3.05, 3.63) is 11.3 Å². The van der Waals surface area contributed by atoms with Crippen LogP contribution in [-0.4, -0.2) is 35.6 Å². The molecular formula is C12H30ClNOSi3. The van der Waals surface area contributed by atoms with Crippen LogP contribution < -0.4 is 0 Å². The van der Waals surface area contributed by atoms with E-state index in [1.807, 2.05) is 0 Å². The van der Waals surface area contributed by atoms with E-state index in [1.54, 1.807) is 5.54 Å². The summed E-state index contributed by atoms with van der Waals surface area (Å²) in [5.41, 5.74) is 1.63. The molecule has 0 atom stereocenters. The monoisotopic (exact) mass is 323 g/mol. The summed E-state index contributed by atoms with van der Waals surface area (Å²) in [6, 6.07) is 0. The van der Waals surface area contributed by atoms with Gasteiger partial charge in [0.1, 0.15) is 22.2 Å². The number of halogens is 1. The van der Waals surface area contributed by atoms with Crippen LogP contribution in [0.5, 0.6) is 0 Å². The lowest BCUT2D eigenvalue weighted by atomic mass is 10.6. The molecule has 108 valence electrons. The van der Waals surface area contributed by atoms with Gasteiger partial charge in [0.15, 0.2) is 0 Å². The fourth-order valence-corrected chi connectivity index (χ4v) is 12.5. The molecule has 0 saturated carbocycles. The number of hydrogen-bond donors (Lipinski definition) is 0. The average Bonchev–Trinajstić information content (AvgIpc) is 2.05. The highest BCUT2D eigenvalue weighted by molar-refractivity contribution is 6.89. The van der Waals surface area contributed by atoms with Crippen molar-refractivity contribution in [2.75, 3.05) is 6.54 Å². The van der Waals surface area contributed by atoms with E-state index in [1.165, 1.54) is 0 Å². The minimum absolute atomic E-state index is 0.874. The van der Waals surface area contributed by atoms with Crippen LogP contribution in [-0.2, 0) is 4.43 Å². The molecule has 0 aliphatic heterocycles. The van der Waals surface area contributed by atoms with Gasteiger partial charge in [-0.3, -0.25) is 0 Å². The standard InChI is InChI=1S/C12H30ClNOSi3/c1-16(2,3)14(17(4,5)6)11-12(10-13)15-18(7,8)9/h10H,11H2,1-9H3/b12-10-. The molecule has 6 heteroatoms. The number of rotatable bonds is 6. The maximum atomic E-state index is 6.08. The van der Waals surface area contributed by atoms with Crippen molar-refractivity contribution in [2.24, 2.45) is 0 Å². The molecule has 0 saturated heterocycles. The molecule has 0 aliphatic rings. The Morgan fingerprint density at radius 3 is 1.56 bits per heavy atom. The molecule has 0 unspecified atom stereocenters. The number of hydrogen-bond acceptors (Lipinski definition) is 2. The van der Waals surface area contributed by atoms with Gasteiger partial charge in [0, 0.05) is 12.1 Å². The molecule has 0 bridgehead atoms. The van der Waals surface area contributed by atoms with E-state index in [2.05, 4.69) is 63.2 Å². The third kappa shape index (κ3) is 7.13. The lowest BCUT2D eigenvalue weighted by molar-refractivity contribution is 0.386. The number of nitrogens with zero attached hydrogens (tertiary/aromatic N) is 1. The van der Waals surface area contributed by atoms with Crippen LogP contribution in [0.25, 0.3) is 0 Å². The van der Waals surface area contributed by atoms with Crippen LogP contribution in [0.15, 0.2) is 11.3 Å². The molecule has 0 amide bonds. The Hall–Kier alpha value is 0.441. The Morgan fingerprint density at radius 2 is 1.33 bits per heavy atom. The van der Waals surface area contributed by atoms with E-state index in [0.29, 0.717) is 0 Å². The molecule has 0 spiro atoms. The zero-order chi connectivity index (χ0) is 14.8. The van der Waals surface area contributed by atoms with Crippen molar-refractivity contribution < 1.29 is 4.43 Å². The Labute approximate surface area is 122 Å². The molecule has 0 radical (unpaired) electrons. The van der Waals surface area contributed by atoms with Crippen molar-refractivity contribution in [2.45, 2.75) is 58.9 Å². The molecule has 2 nitrogen and oxygen atoms in total. The Balaban J connectivity index is 5.00. The highest BCUT2D eigenvalue weighted by Gasteiger charge is 2.35. The van der Waals surface area contributed by atoms with E-state index in [0.717, 1.165) is 12.3 Å². The topological polar surface area (TPSA) is 12.5 Å². The van der Waals surface area contributed by atoms with Crippen molar-refractivity contribution >= 4 is 36.4 Å². The van der Waals surface area contributed by atoms with E-state index in [4.69, 9.17) is 16.0 Å². The molecule has 18 heavy (non-hydrogen) atoms. The van der Waals surface area contributed by atoms with Crippen molar-refractivity contribution in [1.82, 2.24) is 4.23 Å². The van der Waals surface area contributed by atoms with Crippen LogP contribution in [0.2, 0.25) is 58.9 Å². The molecule has 0 fully saturated rings. The summed E-state index contributed by atoms with van der Waals surface area (Å²) in [5, 5.41) is 0. The van der Waals surface area contributed by atoms with E-state index < -0.39 is 24.8 Å². The summed E-state index contributed by atoms with van der Waals surface area (Å²) in [5.74, 6) is 0.945. The largest absolute Gasteiger partial charge is 0.546 e. The predicted molar refractivity (Wildman–Crippen MR) is 91.8 cm³/mol. The van der Waals surface area contributed by atoms with Gasteiger partial charge in [0.25, 0.3) is 0 Å². The second-order valence-electron chi connectivity index (χ2n) is 7.72.